The number of hydrogen-bond donors (Lipinski definition) is 0. The van der Waals surface area contributed by atoms with Crippen LogP contribution in [0.5, 0.6) is 0 Å². The second kappa shape index (κ2) is 6.50. The molecule has 0 aromatic heterocycles. The number of ether oxygens (including phenoxy) is 2. The van der Waals surface area contributed by atoms with Gasteiger partial charge in [-0.1, -0.05) is 53.7 Å². The van der Waals surface area contributed by atoms with Crippen LogP contribution in [0.3, 0.4) is 0 Å². The molecule has 2 aliphatic carbocycles. The van der Waals surface area contributed by atoms with Crippen LogP contribution in [0.4, 0.5) is 0 Å². The van der Waals surface area contributed by atoms with Gasteiger partial charge in [-0.25, -0.2) is 9.59 Å². The molecule has 0 aromatic carbocycles. The summed E-state index contributed by atoms with van der Waals surface area (Å²) >= 11 is 0. The fraction of sp³-hybridized carbons (Fsp3) is 0.684. The number of allylic oxidation sites excluding steroid dienone is 2. The van der Waals surface area contributed by atoms with E-state index in [-0.39, 0.29) is 41.0 Å². The van der Waals surface area contributed by atoms with E-state index in [2.05, 4.69) is 13.8 Å². The molecule has 4 heteroatoms. The number of rotatable bonds is 6. The highest BCUT2D eigenvalue weighted by atomic mass is 16.5. The predicted molar refractivity (Wildman–Crippen MR) is 88.5 cm³/mol. The van der Waals surface area contributed by atoms with Gasteiger partial charge in [0.05, 0.1) is 24.4 Å². The molecule has 2 aliphatic rings. The number of fused-ring (bicyclic) bond motifs is 2. The maximum atomic E-state index is 12.6. The van der Waals surface area contributed by atoms with Crippen molar-refractivity contribution in [3.63, 3.8) is 0 Å². The zero-order valence-electron chi connectivity index (χ0n) is 15.0. The van der Waals surface area contributed by atoms with E-state index in [0.717, 1.165) is 0 Å². The van der Waals surface area contributed by atoms with Crippen molar-refractivity contribution in [2.75, 3.05) is 13.2 Å². The largest absolute Gasteiger partial charge is 0.462 e. The smallest absolute Gasteiger partial charge is 0.335 e. The Kier molecular flexibility index (Phi) is 5.02. The summed E-state index contributed by atoms with van der Waals surface area (Å²) in [6.45, 7) is 12.8. The van der Waals surface area contributed by atoms with Crippen molar-refractivity contribution in [3.8, 4) is 0 Å². The van der Waals surface area contributed by atoms with Crippen molar-refractivity contribution >= 4 is 11.9 Å². The van der Waals surface area contributed by atoms with Crippen LogP contribution in [-0.4, -0.2) is 25.2 Å². The lowest BCUT2D eigenvalue weighted by molar-refractivity contribution is -0.143. The summed E-state index contributed by atoms with van der Waals surface area (Å²) in [5.41, 5.74) is 0.812. The first-order valence-electron chi connectivity index (χ1n) is 8.42. The number of carbonyl (C=O) groups is 2. The SMILES string of the molecule is CC(C)COC(=O)C1=C(C(=O)OCC(C)C)C2C=CC1C2(C)C. The van der Waals surface area contributed by atoms with Crippen LogP contribution >= 0.6 is 0 Å². The zero-order chi connectivity index (χ0) is 17.4. The monoisotopic (exact) mass is 320 g/mol. The Balaban J connectivity index is 2.27. The normalized spacial score (nSPS) is 24.7. The van der Waals surface area contributed by atoms with E-state index < -0.39 is 0 Å². The second-order valence-corrected chi connectivity index (χ2v) is 7.97. The molecule has 0 amide bonds. The summed E-state index contributed by atoms with van der Waals surface area (Å²) < 4.78 is 10.8. The Morgan fingerprint density at radius 2 is 1.26 bits per heavy atom. The van der Waals surface area contributed by atoms with Crippen molar-refractivity contribution in [2.45, 2.75) is 41.5 Å². The van der Waals surface area contributed by atoms with Gasteiger partial charge in [0.15, 0.2) is 0 Å². The minimum atomic E-state index is -0.375. The van der Waals surface area contributed by atoms with E-state index in [0.29, 0.717) is 24.4 Å². The Bertz CT molecular complexity index is 506. The van der Waals surface area contributed by atoms with Crippen LogP contribution in [-0.2, 0) is 19.1 Å². The van der Waals surface area contributed by atoms with E-state index in [1.165, 1.54) is 0 Å². The molecule has 0 aliphatic heterocycles. The van der Waals surface area contributed by atoms with Gasteiger partial charge < -0.3 is 9.47 Å². The molecule has 0 saturated carbocycles. The van der Waals surface area contributed by atoms with Crippen molar-refractivity contribution < 1.29 is 19.1 Å². The Labute approximate surface area is 138 Å². The van der Waals surface area contributed by atoms with Gasteiger partial charge in [0.1, 0.15) is 0 Å². The van der Waals surface area contributed by atoms with Crippen LogP contribution in [0.15, 0.2) is 23.3 Å². The molecule has 0 N–H and O–H groups in total. The van der Waals surface area contributed by atoms with Crippen LogP contribution in [0.1, 0.15) is 41.5 Å². The van der Waals surface area contributed by atoms with E-state index in [4.69, 9.17) is 9.47 Å². The van der Waals surface area contributed by atoms with Crippen LogP contribution in [0, 0.1) is 29.1 Å². The Morgan fingerprint density at radius 3 is 1.57 bits per heavy atom. The molecule has 2 rings (SSSR count). The van der Waals surface area contributed by atoms with Crippen LogP contribution in [0.25, 0.3) is 0 Å². The van der Waals surface area contributed by atoms with Crippen molar-refractivity contribution in [3.05, 3.63) is 23.3 Å². The highest BCUT2D eigenvalue weighted by molar-refractivity contribution is 6.03. The van der Waals surface area contributed by atoms with E-state index in [1.54, 1.807) is 0 Å². The van der Waals surface area contributed by atoms with Gasteiger partial charge in [-0.2, -0.15) is 0 Å². The summed E-state index contributed by atoms with van der Waals surface area (Å²) in [6.07, 6.45) is 4.05. The quantitative estimate of drug-likeness (QED) is 0.555. The number of carbonyl (C=O) groups excluding carboxylic acids is 2. The third-order valence-corrected chi connectivity index (χ3v) is 4.55. The number of esters is 2. The third-order valence-electron chi connectivity index (χ3n) is 4.55. The predicted octanol–water partition coefficient (Wildman–Crippen LogP) is 3.52. The minimum absolute atomic E-state index is 0.0752. The first-order chi connectivity index (χ1) is 10.7. The summed E-state index contributed by atoms with van der Waals surface area (Å²) in [6, 6.07) is 0. The van der Waals surface area contributed by atoms with Gasteiger partial charge in [-0.15, -0.1) is 0 Å². The van der Waals surface area contributed by atoms with Crippen LogP contribution in [0.2, 0.25) is 0 Å². The molecular weight excluding hydrogens is 292 g/mol. The molecule has 2 atom stereocenters. The third kappa shape index (κ3) is 3.36. The van der Waals surface area contributed by atoms with Gasteiger partial charge in [-0.3, -0.25) is 0 Å². The van der Waals surface area contributed by atoms with E-state index in [1.807, 2.05) is 39.8 Å². The first kappa shape index (κ1) is 17.8. The summed E-state index contributed by atoms with van der Waals surface area (Å²) in [4.78, 5) is 25.1. The van der Waals surface area contributed by atoms with E-state index in [9.17, 15) is 9.59 Å². The molecular formula is C19H28O4. The molecule has 2 unspecified atom stereocenters. The lowest BCUT2D eigenvalue weighted by Crippen LogP contribution is -2.23. The second-order valence-electron chi connectivity index (χ2n) is 7.97. The van der Waals surface area contributed by atoms with E-state index >= 15 is 0 Å². The minimum Gasteiger partial charge on any atom is -0.462 e. The average molecular weight is 320 g/mol. The molecule has 0 radical (unpaired) electrons. The molecule has 0 fully saturated rings. The zero-order valence-corrected chi connectivity index (χ0v) is 15.0. The van der Waals surface area contributed by atoms with Crippen LogP contribution < -0.4 is 0 Å². The number of hydrogen-bond acceptors (Lipinski definition) is 4. The van der Waals surface area contributed by atoms with Crippen molar-refractivity contribution in [1.29, 1.82) is 0 Å². The summed E-state index contributed by atoms with van der Waals surface area (Å²) in [5, 5.41) is 0. The standard InChI is InChI=1S/C19H28O4/c1-11(2)9-22-17(20)15-13-7-8-14(19(13,5)6)16(15)18(21)23-10-12(3)4/h7-8,11-14H,9-10H2,1-6H3. The fourth-order valence-electron chi connectivity index (χ4n) is 3.30. The fourth-order valence-corrected chi connectivity index (χ4v) is 3.30. The Hall–Kier alpha value is -1.58. The molecule has 0 saturated heterocycles. The molecule has 4 nitrogen and oxygen atoms in total. The molecule has 0 spiro atoms. The molecule has 0 aromatic rings. The molecule has 2 bridgehead atoms. The lowest BCUT2D eigenvalue weighted by atomic mass is 9.77. The topological polar surface area (TPSA) is 52.6 Å². The van der Waals surface area contributed by atoms with Crippen molar-refractivity contribution in [1.82, 2.24) is 0 Å². The maximum Gasteiger partial charge on any atom is 0.335 e. The maximum absolute atomic E-state index is 12.6. The first-order valence-corrected chi connectivity index (χ1v) is 8.42. The van der Waals surface area contributed by atoms with Gasteiger partial charge in [0.2, 0.25) is 0 Å². The summed E-state index contributed by atoms with van der Waals surface area (Å²) in [7, 11) is 0. The highest BCUT2D eigenvalue weighted by Gasteiger charge is 2.54. The van der Waals surface area contributed by atoms with Gasteiger partial charge in [0.25, 0.3) is 0 Å². The van der Waals surface area contributed by atoms with Gasteiger partial charge in [-0.05, 0) is 17.3 Å². The highest BCUT2D eigenvalue weighted by Crippen LogP contribution is 2.56. The van der Waals surface area contributed by atoms with Gasteiger partial charge >= 0.3 is 11.9 Å². The lowest BCUT2D eigenvalue weighted by Gasteiger charge is -2.26. The molecule has 0 heterocycles. The Morgan fingerprint density at radius 1 is 0.913 bits per heavy atom. The average Bonchev–Trinajstić information content (AvgIpc) is 2.88. The van der Waals surface area contributed by atoms with Crippen molar-refractivity contribution in [2.24, 2.45) is 29.1 Å². The van der Waals surface area contributed by atoms with Gasteiger partial charge in [0, 0.05) is 11.8 Å². The summed E-state index contributed by atoms with van der Waals surface area (Å²) in [5.74, 6) is -0.376. The molecule has 128 valence electrons. The molecule has 23 heavy (non-hydrogen) atoms.